The number of anilines is 2. The van der Waals surface area contributed by atoms with E-state index in [1.54, 1.807) is 19.1 Å². The van der Waals surface area contributed by atoms with Crippen LogP contribution in [0.2, 0.25) is 0 Å². The summed E-state index contributed by atoms with van der Waals surface area (Å²) in [6.07, 6.45) is 10.5. The molecule has 0 bridgehead atoms. The van der Waals surface area contributed by atoms with Crippen molar-refractivity contribution in [1.82, 2.24) is 24.6 Å². The number of nitrogens with zero attached hydrogens (tertiary/aromatic N) is 5. The SMILES string of the molecule is Cc1nc2[nH]cc(F)c2cc1Oc1cc(N2CCC3(CC2)CC(N2CCC[C@H]2c2ccccc2C(C)C)C3)ccc1C(=O)NS(=O)(=O)c1cnc(NCC2CCOCC2)c([N+](=O)[O-])c1. The minimum absolute atomic E-state index is 0.0351. The van der Waals surface area contributed by atoms with Crippen molar-refractivity contribution in [2.45, 2.75) is 95.0 Å². The van der Waals surface area contributed by atoms with E-state index < -0.39 is 37.3 Å². The highest BCUT2D eigenvalue weighted by Gasteiger charge is 2.50. The quantitative estimate of drug-likeness (QED) is 0.0755. The second-order valence-electron chi connectivity index (χ2n) is 18.3. The Labute approximate surface area is 372 Å². The molecule has 1 saturated carbocycles. The van der Waals surface area contributed by atoms with Gasteiger partial charge in [-0.05, 0) is 111 Å². The number of aryl methyl sites for hydroxylation is 1. The molecule has 0 radical (unpaired) electrons. The number of fused-ring (bicyclic) bond motifs is 1. The highest BCUT2D eigenvalue weighted by atomic mass is 32.2. The van der Waals surface area contributed by atoms with Crippen molar-refractivity contribution >= 4 is 44.2 Å². The van der Waals surface area contributed by atoms with Gasteiger partial charge in [0.25, 0.3) is 15.9 Å². The Morgan fingerprint density at radius 3 is 2.58 bits per heavy atom. The van der Waals surface area contributed by atoms with Crippen LogP contribution in [-0.2, 0) is 14.8 Å². The van der Waals surface area contributed by atoms with Crippen LogP contribution in [0.3, 0.4) is 0 Å². The molecule has 9 rings (SSSR count). The lowest BCUT2D eigenvalue weighted by atomic mass is 9.59. The Bertz CT molecular complexity index is 2670. The fourth-order valence-electron chi connectivity index (χ4n) is 10.3. The number of amides is 1. The first-order valence-corrected chi connectivity index (χ1v) is 23.8. The van der Waals surface area contributed by atoms with Crippen LogP contribution >= 0.6 is 0 Å². The molecule has 17 heteroatoms. The molecule has 5 aromatic rings. The number of piperidine rings is 1. The summed E-state index contributed by atoms with van der Waals surface area (Å²) in [4.78, 5) is 41.1. The summed E-state index contributed by atoms with van der Waals surface area (Å²) in [5, 5.41) is 15.2. The highest BCUT2D eigenvalue weighted by molar-refractivity contribution is 7.90. The Morgan fingerprint density at radius 2 is 1.83 bits per heavy atom. The summed E-state index contributed by atoms with van der Waals surface area (Å²) in [5.41, 5.74) is 4.06. The highest BCUT2D eigenvalue weighted by Crippen LogP contribution is 2.54. The number of halogens is 1. The first-order chi connectivity index (χ1) is 30.8. The first kappa shape index (κ1) is 43.6. The van der Waals surface area contributed by atoms with Crippen molar-refractivity contribution in [1.29, 1.82) is 0 Å². The maximum atomic E-state index is 14.7. The summed E-state index contributed by atoms with van der Waals surface area (Å²) in [6.45, 7) is 10.5. The molecular weight excluding hydrogens is 840 g/mol. The molecule has 1 aliphatic carbocycles. The third-order valence-electron chi connectivity index (χ3n) is 13.9. The zero-order chi connectivity index (χ0) is 44.8. The van der Waals surface area contributed by atoms with Gasteiger partial charge in [0.2, 0.25) is 5.82 Å². The number of ether oxygens (including phenoxy) is 2. The van der Waals surface area contributed by atoms with Crippen molar-refractivity contribution in [2.24, 2.45) is 11.3 Å². The van der Waals surface area contributed by atoms with Gasteiger partial charge in [-0.15, -0.1) is 0 Å². The summed E-state index contributed by atoms with van der Waals surface area (Å²) in [5.74, 6) is -0.716. The van der Waals surface area contributed by atoms with Crippen molar-refractivity contribution in [2.75, 3.05) is 49.6 Å². The van der Waals surface area contributed by atoms with Gasteiger partial charge in [0, 0.05) is 68.9 Å². The zero-order valence-electron chi connectivity index (χ0n) is 36.4. The van der Waals surface area contributed by atoms with Gasteiger partial charge >= 0.3 is 5.69 Å². The number of hydrogen-bond donors (Lipinski definition) is 3. The van der Waals surface area contributed by atoms with E-state index >= 15 is 0 Å². The molecule has 64 heavy (non-hydrogen) atoms. The van der Waals surface area contributed by atoms with E-state index in [2.05, 4.69) is 72.9 Å². The molecule has 4 fully saturated rings. The van der Waals surface area contributed by atoms with E-state index in [9.17, 15) is 27.7 Å². The van der Waals surface area contributed by atoms with Gasteiger partial charge in [-0.2, -0.15) is 0 Å². The number of likely N-dealkylation sites (tertiary alicyclic amines) is 1. The standard InChI is InChI=1S/C47H55FN8O7S/c1-29(2)35-7-4-5-8-36(35)40-9-6-16-55(40)33-24-47(25-33)14-17-54(18-15-47)32-10-11-37(43(21-32)63-42-23-38-39(48)28-51-44(38)52-30(42)3)46(57)53-64(60,61)34-22-41(56(58)59)45(50-27-34)49-26-31-12-19-62-20-13-31/h4-5,7-8,10-11,21-23,27-29,31,33,40H,6,9,12-20,24-26H2,1-3H3,(H,49,50)(H,51,52)(H,53,57)/t40-/m0/s1. The number of nitro groups is 1. The average Bonchev–Trinajstić information content (AvgIpc) is 3.91. The van der Waals surface area contributed by atoms with Crippen LogP contribution in [0.5, 0.6) is 11.5 Å². The molecular formula is C47H55FN8O7S. The summed E-state index contributed by atoms with van der Waals surface area (Å²) in [7, 11) is -4.66. The number of rotatable bonds is 13. The van der Waals surface area contributed by atoms with Crippen LogP contribution in [0.1, 0.15) is 104 Å². The Hall–Kier alpha value is -5.65. The summed E-state index contributed by atoms with van der Waals surface area (Å²) in [6, 6.07) is 17.3. The topological polar surface area (TPSA) is 185 Å². The van der Waals surface area contributed by atoms with E-state index in [0.717, 1.165) is 63.3 Å². The molecule has 1 atom stereocenters. The largest absolute Gasteiger partial charge is 0.455 e. The van der Waals surface area contributed by atoms with Gasteiger partial charge in [0.1, 0.15) is 27.9 Å². The number of carbonyl (C=O) groups is 1. The molecule has 3 saturated heterocycles. The predicted molar refractivity (Wildman–Crippen MR) is 241 cm³/mol. The fourth-order valence-corrected chi connectivity index (χ4v) is 11.2. The Kier molecular flexibility index (Phi) is 12.1. The molecule has 6 heterocycles. The number of carbonyl (C=O) groups excluding carboxylic acids is 1. The summed E-state index contributed by atoms with van der Waals surface area (Å²) >= 11 is 0. The smallest absolute Gasteiger partial charge is 0.312 e. The molecule has 2 aromatic carbocycles. The molecule has 4 aliphatic rings. The monoisotopic (exact) mass is 894 g/mol. The summed E-state index contributed by atoms with van der Waals surface area (Å²) < 4.78 is 55.9. The lowest BCUT2D eigenvalue weighted by molar-refractivity contribution is -0.384. The maximum Gasteiger partial charge on any atom is 0.312 e. The van der Waals surface area contributed by atoms with Crippen LogP contribution in [0.4, 0.5) is 21.6 Å². The van der Waals surface area contributed by atoms with Crippen molar-refractivity contribution < 1.29 is 32.0 Å². The third kappa shape index (κ3) is 8.76. The predicted octanol–water partition coefficient (Wildman–Crippen LogP) is 8.77. The molecule has 3 N–H and O–H groups in total. The second-order valence-corrected chi connectivity index (χ2v) is 20.0. The van der Waals surface area contributed by atoms with E-state index in [4.69, 9.17) is 9.47 Å². The number of nitrogens with one attached hydrogen (secondary N) is 3. The Balaban J connectivity index is 0.925. The number of benzene rings is 2. The lowest BCUT2D eigenvalue weighted by Crippen LogP contribution is -2.54. The van der Waals surface area contributed by atoms with E-state index in [1.807, 2.05) is 0 Å². The number of sulfonamides is 1. The zero-order valence-corrected chi connectivity index (χ0v) is 37.3. The van der Waals surface area contributed by atoms with E-state index in [1.165, 1.54) is 55.1 Å². The van der Waals surface area contributed by atoms with Crippen molar-refractivity contribution in [3.63, 3.8) is 0 Å². The second kappa shape index (κ2) is 17.7. The third-order valence-corrected chi connectivity index (χ3v) is 15.2. The number of H-pyrrole nitrogens is 1. The van der Waals surface area contributed by atoms with E-state index in [-0.39, 0.29) is 39.6 Å². The van der Waals surface area contributed by atoms with Crippen molar-refractivity contribution in [3.05, 3.63) is 105 Å². The maximum absolute atomic E-state index is 14.7. The van der Waals surface area contributed by atoms with Crippen LogP contribution < -0.4 is 19.7 Å². The van der Waals surface area contributed by atoms with Gasteiger partial charge in [-0.3, -0.25) is 19.8 Å². The Morgan fingerprint density at radius 1 is 1.06 bits per heavy atom. The molecule has 15 nitrogen and oxygen atoms in total. The van der Waals surface area contributed by atoms with Crippen LogP contribution in [0.25, 0.3) is 11.0 Å². The molecule has 1 amide bonds. The number of aromatic amines is 1. The number of hydrogen-bond acceptors (Lipinski definition) is 12. The number of pyridine rings is 2. The molecule has 3 aromatic heterocycles. The minimum Gasteiger partial charge on any atom is -0.455 e. The normalized spacial score (nSPS) is 19.6. The van der Waals surface area contributed by atoms with E-state index in [0.29, 0.717) is 49.1 Å². The molecule has 1 spiro atoms. The molecule has 0 unspecified atom stereocenters. The first-order valence-electron chi connectivity index (χ1n) is 22.4. The van der Waals surface area contributed by atoms with Crippen LogP contribution in [-0.4, -0.2) is 84.5 Å². The van der Waals surface area contributed by atoms with Crippen LogP contribution in [0, 0.1) is 34.2 Å². The molecule has 338 valence electrons. The minimum atomic E-state index is -4.66. The van der Waals surface area contributed by atoms with Crippen LogP contribution in [0.15, 0.2) is 71.9 Å². The van der Waals surface area contributed by atoms with Gasteiger partial charge in [0.15, 0.2) is 0 Å². The fraction of sp³-hybridized carbons (Fsp3) is 0.468. The lowest BCUT2D eigenvalue weighted by Gasteiger charge is -2.56. The van der Waals surface area contributed by atoms with Gasteiger partial charge in [0.05, 0.1) is 27.8 Å². The van der Waals surface area contributed by atoms with Gasteiger partial charge < -0.3 is 24.7 Å². The van der Waals surface area contributed by atoms with Gasteiger partial charge in [-0.1, -0.05) is 38.1 Å². The van der Waals surface area contributed by atoms with Gasteiger partial charge in [-0.25, -0.2) is 27.5 Å². The van der Waals surface area contributed by atoms with Crippen molar-refractivity contribution in [3.8, 4) is 11.5 Å². The number of aromatic nitrogens is 3. The molecule has 3 aliphatic heterocycles. The average molecular weight is 895 g/mol.